The molecule has 2 aliphatic heterocycles. The van der Waals surface area contributed by atoms with Gasteiger partial charge in [-0.2, -0.15) is 5.26 Å². The lowest BCUT2D eigenvalue weighted by molar-refractivity contribution is -0.141. The van der Waals surface area contributed by atoms with Gasteiger partial charge in [0.05, 0.1) is 13.2 Å². The Bertz CT molecular complexity index is 1240. The summed E-state index contributed by atoms with van der Waals surface area (Å²) >= 11 is 6.35. The average Bonchev–Trinajstić information content (AvgIpc) is 2.99. The molecule has 4 rings (SSSR count). The number of amides is 1. The third kappa shape index (κ3) is 2.95. The maximum atomic E-state index is 14.2. The number of carbonyl (C=O) groups excluding carboxylic acids is 2. The normalized spacial score (nSPS) is 19.7. The zero-order valence-electron chi connectivity index (χ0n) is 17.5. The molecule has 0 saturated heterocycles. The monoisotopic (exact) mass is 449 g/mol. The van der Waals surface area contributed by atoms with Gasteiger partial charge in [0.25, 0.3) is 0 Å². The number of halogens is 1. The first-order valence-corrected chi connectivity index (χ1v) is 10.4. The topological polar surface area (TPSA) is 106 Å². The average molecular weight is 450 g/mol. The maximum Gasteiger partial charge on any atom is 0.339 e. The maximum absolute atomic E-state index is 14.2. The van der Waals surface area contributed by atoms with Crippen molar-refractivity contribution in [1.82, 2.24) is 0 Å². The number of fused-ring (bicyclic) bond motifs is 2. The van der Waals surface area contributed by atoms with Gasteiger partial charge in [0.15, 0.2) is 5.41 Å². The predicted octanol–water partition coefficient (Wildman–Crippen LogP) is 3.69. The van der Waals surface area contributed by atoms with Gasteiger partial charge in [-0.3, -0.25) is 4.79 Å². The summed E-state index contributed by atoms with van der Waals surface area (Å²) in [6, 6.07) is 16.2. The molecule has 2 heterocycles. The number of nitrogens with two attached hydrogens (primary N) is 1. The van der Waals surface area contributed by atoms with E-state index in [1.807, 2.05) is 18.2 Å². The van der Waals surface area contributed by atoms with E-state index in [1.165, 1.54) is 11.8 Å². The van der Waals surface area contributed by atoms with E-state index >= 15 is 0 Å². The molecule has 1 amide bonds. The molecule has 2 aromatic carbocycles. The number of nitriles is 1. The van der Waals surface area contributed by atoms with E-state index in [0.29, 0.717) is 16.3 Å². The van der Waals surface area contributed by atoms with Gasteiger partial charge in [-0.15, -0.1) is 0 Å². The molecule has 0 saturated carbocycles. The van der Waals surface area contributed by atoms with Crippen molar-refractivity contribution in [2.75, 3.05) is 11.5 Å². The SMILES string of the molecule is CCOC(=O)C1=C(C)OC(N)=C(C#N)C12C(=O)N(Cc1ccccc1Cl)c1ccccc12. The van der Waals surface area contributed by atoms with Crippen molar-refractivity contribution in [2.24, 2.45) is 5.73 Å². The second-order valence-corrected chi connectivity index (χ2v) is 7.76. The Hall–Kier alpha value is -3.76. The fourth-order valence-electron chi connectivity index (χ4n) is 4.37. The highest BCUT2D eigenvalue weighted by Gasteiger charge is 2.62. The highest BCUT2D eigenvalue weighted by Crippen LogP contribution is 2.54. The lowest BCUT2D eigenvalue weighted by atomic mass is 9.68. The van der Waals surface area contributed by atoms with Gasteiger partial charge in [0, 0.05) is 16.3 Å². The van der Waals surface area contributed by atoms with Gasteiger partial charge in [0.1, 0.15) is 23.0 Å². The molecule has 0 bridgehead atoms. The molecule has 1 spiro atoms. The van der Waals surface area contributed by atoms with E-state index < -0.39 is 17.3 Å². The van der Waals surface area contributed by atoms with Crippen molar-refractivity contribution in [3.05, 3.63) is 87.5 Å². The highest BCUT2D eigenvalue weighted by molar-refractivity contribution is 6.31. The predicted molar refractivity (Wildman–Crippen MR) is 118 cm³/mol. The van der Waals surface area contributed by atoms with Crippen LogP contribution in [0.15, 0.2) is 71.3 Å². The molecular formula is C24H20ClN3O4. The zero-order valence-corrected chi connectivity index (χ0v) is 18.3. The van der Waals surface area contributed by atoms with E-state index in [4.69, 9.17) is 26.8 Å². The highest BCUT2D eigenvalue weighted by atomic mass is 35.5. The molecule has 2 N–H and O–H groups in total. The number of ether oxygens (including phenoxy) is 2. The van der Waals surface area contributed by atoms with Crippen molar-refractivity contribution < 1.29 is 19.1 Å². The Morgan fingerprint density at radius 2 is 1.94 bits per heavy atom. The van der Waals surface area contributed by atoms with E-state index in [-0.39, 0.29) is 35.9 Å². The van der Waals surface area contributed by atoms with Crippen LogP contribution >= 0.6 is 11.6 Å². The molecule has 2 aromatic rings. The molecule has 2 aliphatic rings. The Labute approximate surface area is 190 Å². The summed E-state index contributed by atoms with van der Waals surface area (Å²) in [6.07, 6.45) is 0. The summed E-state index contributed by atoms with van der Waals surface area (Å²) in [4.78, 5) is 28.8. The third-order valence-corrected chi connectivity index (χ3v) is 6.02. The minimum atomic E-state index is -1.77. The van der Waals surface area contributed by atoms with E-state index in [9.17, 15) is 14.9 Å². The van der Waals surface area contributed by atoms with Crippen LogP contribution in [0, 0.1) is 11.3 Å². The fraction of sp³-hybridized carbons (Fsp3) is 0.208. The van der Waals surface area contributed by atoms with Crippen LogP contribution in [0.2, 0.25) is 5.02 Å². The van der Waals surface area contributed by atoms with Crippen LogP contribution in [-0.2, 0) is 31.0 Å². The van der Waals surface area contributed by atoms with Crippen molar-refractivity contribution in [1.29, 1.82) is 5.26 Å². The summed E-state index contributed by atoms with van der Waals surface area (Å²) in [6.45, 7) is 3.42. The van der Waals surface area contributed by atoms with Gasteiger partial charge in [-0.25, -0.2) is 4.79 Å². The summed E-state index contributed by atoms with van der Waals surface area (Å²) < 4.78 is 10.8. The Kier molecular flexibility index (Phi) is 5.41. The van der Waals surface area contributed by atoms with Crippen molar-refractivity contribution >= 4 is 29.2 Å². The van der Waals surface area contributed by atoms with Crippen molar-refractivity contribution in [2.45, 2.75) is 25.8 Å². The van der Waals surface area contributed by atoms with E-state index in [2.05, 4.69) is 0 Å². The van der Waals surface area contributed by atoms with Crippen LogP contribution in [0.25, 0.3) is 0 Å². The summed E-state index contributed by atoms with van der Waals surface area (Å²) in [5, 5.41) is 10.5. The number of para-hydroxylation sites is 1. The fourth-order valence-corrected chi connectivity index (χ4v) is 4.57. The number of allylic oxidation sites excluding steroid dienone is 1. The first-order valence-electron chi connectivity index (χ1n) is 9.99. The number of rotatable bonds is 4. The molecule has 0 aliphatic carbocycles. The second-order valence-electron chi connectivity index (χ2n) is 7.35. The first kappa shape index (κ1) is 21.5. The van der Waals surface area contributed by atoms with E-state index in [0.717, 1.165) is 5.56 Å². The summed E-state index contributed by atoms with van der Waals surface area (Å²) in [5.41, 5.74) is 5.83. The quantitative estimate of drug-likeness (QED) is 0.713. The van der Waals surface area contributed by atoms with Crippen LogP contribution in [0.5, 0.6) is 0 Å². The Morgan fingerprint density at radius 1 is 1.25 bits per heavy atom. The Morgan fingerprint density at radius 3 is 2.62 bits per heavy atom. The zero-order chi connectivity index (χ0) is 23.0. The molecule has 8 heteroatoms. The van der Waals surface area contributed by atoms with Crippen LogP contribution in [0.1, 0.15) is 25.0 Å². The number of benzene rings is 2. The molecule has 162 valence electrons. The third-order valence-electron chi connectivity index (χ3n) is 5.65. The van der Waals surface area contributed by atoms with Gasteiger partial charge >= 0.3 is 5.97 Å². The van der Waals surface area contributed by atoms with Crippen molar-refractivity contribution in [3.8, 4) is 6.07 Å². The molecular weight excluding hydrogens is 430 g/mol. The standard InChI is InChI=1S/C24H20ClN3O4/c1-3-31-22(29)20-14(2)32-21(27)17(12-26)24(20)16-9-5-7-11-19(16)28(23(24)30)13-15-8-4-6-10-18(15)25/h4-11H,3,13,27H2,1-2H3. The van der Waals surface area contributed by atoms with Gasteiger partial charge in [-0.05, 0) is 31.5 Å². The van der Waals surface area contributed by atoms with Crippen molar-refractivity contribution in [3.63, 3.8) is 0 Å². The van der Waals surface area contributed by atoms with Gasteiger partial charge < -0.3 is 20.1 Å². The number of anilines is 1. The van der Waals surface area contributed by atoms with Crippen LogP contribution in [0.3, 0.4) is 0 Å². The lowest BCUT2D eigenvalue weighted by Crippen LogP contribution is -2.48. The molecule has 32 heavy (non-hydrogen) atoms. The number of hydrogen-bond acceptors (Lipinski definition) is 6. The lowest BCUT2D eigenvalue weighted by Gasteiger charge is -2.34. The number of nitrogens with zero attached hydrogens (tertiary/aromatic N) is 2. The minimum Gasteiger partial charge on any atom is -0.462 e. The largest absolute Gasteiger partial charge is 0.462 e. The number of carbonyl (C=O) groups is 2. The molecule has 0 radical (unpaired) electrons. The van der Waals surface area contributed by atoms with Gasteiger partial charge in [0.2, 0.25) is 11.8 Å². The minimum absolute atomic E-state index is 0.0517. The van der Waals surface area contributed by atoms with Gasteiger partial charge in [-0.1, -0.05) is 48.0 Å². The van der Waals surface area contributed by atoms with Crippen LogP contribution in [-0.4, -0.2) is 18.5 Å². The van der Waals surface area contributed by atoms with Crippen LogP contribution < -0.4 is 10.6 Å². The van der Waals surface area contributed by atoms with E-state index in [1.54, 1.807) is 43.3 Å². The molecule has 1 atom stereocenters. The molecule has 0 fully saturated rings. The number of hydrogen-bond donors (Lipinski definition) is 1. The second kappa shape index (κ2) is 8.06. The summed E-state index contributed by atoms with van der Waals surface area (Å²) in [7, 11) is 0. The first-order chi connectivity index (χ1) is 15.4. The molecule has 1 unspecified atom stereocenters. The Balaban J connectivity index is 2.00. The smallest absolute Gasteiger partial charge is 0.339 e. The number of esters is 1. The van der Waals surface area contributed by atoms with Crippen LogP contribution in [0.4, 0.5) is 5.69 Å². The molecule has 0 aromatic heterocycles. The molecule has 7 nitrogen and oxygen atoms in total. The summed E-state index contributed by atoms with van der Waals surface area (Å²) in [5.74, 6) is -1.35.